The number of nitrogens with one attached hydrogen (secondary N) is 1. The van der Waals surface area contributed by atoms with Gasteiger partial charge in [-0.2, -0.15) is 18.4 Å². The first-order valence-electron chi connectivity index (χ1n) is 4.95. The third kappa shape index (κ3) is 3.64. The molecule has 3 N–H and O–H groups in total. The van der Waals surface area contributed by atoms with Crippen LogP contribution >= 0.6 is 0 Å². The molecule has 1 aromatic rings. The van der Waals surface area contributed by atoms with Crippen molar-refractivity contribution in [1.29, 1.82) is 5.26 Å². The van der Waals surface area contributed by atoms with Gasteiger partial charge in [0, 0.05) is 18.3 Å². The number of hydrogen-bond donors (Lipinski definition) is 2. The molecule has 0 aliphatic rings. The summed E-state index contributed by atoms with van der Waals surface area (Å²) >= 11 is 0. The molecule has 0 saturated heterocycles. The molecule has 0 fully saturated rings. The zero-order chi connectivity index (χ0) is 13.1. The summed E-state index contributed by atoms with van der Waals surface area (Å²) in [6, 6.07) is 4.82. The lowest BCUT2D eigenvalue weighted by Gasteiger charge is -2.15. The number of benzene rings is 1. The van der Waals surface area contributed by atoms with Crippen molar-refractivity contribution in [2.45, 2.75) is 19.1 Å². The van der Waals surface area contributed by atoms with Crippen molar-refractivity contribution in [2.75, 3.05) is 11.9 Å². The highest BCUT2D eigenvalue weighted by atomic mass is 19.4. The Morgan fingerprint density at radius 2 is 2.12 bits per heavy atom. The van der Waals surface area contributed by atoms with E-state index in [2.05, 4.69) is 5.32 Å². The molecule has 0 unspecified atom stereocenters. The molecule has 0 radical (unpaired) electrons. The van der Waals surface area contributed by atoms with E-state index in [-0.39, 0.29) is 23.8 Å². The summed E-state index contributed by atoms with van der Waals surface area (Å²) in [5.41, 5.74) is 4.52. The largest absolute Gasteiger partial charge is 0.418 e. The Labute approximate surface area is 97.0 Å². The van der Waals surface area contributed by atoms with Gasteiger partial charge in [0.25, 0.3) is 0 Å². The molecule has 6 heteroatoms. The fourth-order valence-corrected chi connectivity index (χ4v) is 1.27. The van der Waals surface area contributed by atoms with Crippen molar-refractivity contribution in [3.05, 3.63) is 29.3 Å². The van der Waals surface area contributed by atoms with E-state index in [0.29, 0.717) is 0 Å². The van der Waals surface area contributed by atoms with Gasteiger partial charge in [-0.1, -0.05) is 0 Å². The van der Waals surface area contributed by atoms with Crippen LogP contribution in [0.5, 0.6) is 0 Å². The van der Waals surface area contributed by atoms with Gasteiger partial charge in [-0.05, 0) is 25.1 Å². The van der Waals surface area contributed by atoms with Crippen LogP contribution in [0.4, 0.5) is 18.9 Å². The molecule has 1 rings (SSSR count). The predicted molar refractivity (Wildman–Crippen MR) is 58.3 cm³/mol. The quantitative estimate of drug-likeness (QED) is 0.856. The lowest BCUT2D eigenvalue weighted by atomic mass is 10.1. The lowest BCUT2D eigenvalue weighted by molar-refractivity contribution is -0.137. The van der Waals surface area contributed by atoms with Gasteiger partial charge in [0.1, 0.15) is 0 Å². The van der Waals surface area contributed by atoms with Crippen molar-refractivity contribution >= 4 is 5.69 Å². The number of alkyl halides is 3. The van der Waals surface area contributed by atoms with Gasteiger partial charge in [0.2, 0.25) is 0 Å². The molecule has 0 spiro atoms. The van der Waals surface area contributed by atoms with Gasteiger partial charge in [0.15, 0.2) is 0 Å². The number of nitrogens with zero attached hydrogens (tertiary/aromatic N) is 1. The zero-order valence-corrected chi connectivity index (χ0v) is 9.17. The van der Waals surface area contributed by atoms with Crippen molar-refractivity contribution in [3.8, 4) is 6.07 Å². The van der Waals surface area contributed by atoms with Gasteiger partial charge in [-0.3, -0.25) is 0 Å². The molecule has 0 heterocycles. The normalized spacial score (nSPS) is 12.9. The summed E-state index contributed by atoms with van der Waals surface area (Å²) in [4.78, 5) is 0. The number of halogens is 3. The molecule has 0 bridgehead atoms. The molecule has 0 aromatic heterocycles. The van der Waals surface area contributed by atoms with Crippen LogP contribution < -0.4 is 11.1 Å². The van der Waals surface area contributed by atoms with E-state index in [1.165, 1.54) is 12.1 Å². The van der Waals surface area contributed by atoms with E-state index in [1.54, 1.807) is 13.0 Å². The molecule has 17 heavy (non-hydrogen) atoms. The summed E-state index contributed by atoms with van der Waals surface area (Å²) in [6.45, 7) is 1.92. The summed E-state index contributed by atoms with van der Waals surface area (Å²) in [6.07, 6.45) is -4.49. The first-order chi connectivity index (χ1) is 7.84. The average Bonchev–Trinajstić information content (AvgIpc) is 2.24. The highest BCUT2D eigenvalue weighted by molar-refractivity contribution is 5.56. The third-order valence-electron chi connectivity index (χ3n) is 2.07. The molecule has 0 aliphatic carbocycles. The fraction of sp³-hybridized carbons (Fsp3) is 0.364. The van der Waals surface area contributed by atoms with Crippen molar-refractivity contribution < 1.29 is 13.2 Å². The van der Waals surface area contributed by atoms with Crippen LogP contribution in [0.1, 0.15) is 18.1 Å². The maximum Gasteiger partial charge on any atom is 0.418 e. The van der Waals surface area contributed by atoms with Crippen LogP contribution in [0.2, 0.25) is 0 Å². The Bertz CT molecular complexity index is 433. The first kappa shape index (κ1) is 13.3. The Morgan fingerprint density at radius 1 is 1.47 bits per heavy atom. The van der Waals surface area contributed by atoms with Crippen molar-refractivity contribution in [1.82, 2.24) is 0 Å². The Kier molecular flexibility index (Phi) is 3.97. The number of nitriles is 1. The Morgan fingerprint density at radius 3 is 2.59 bits per heavy atom. The molecule has 1 atom stereocenters. The summed E-state index contributed by atoms with van der Waals surface area (Å²) < 4.78 is 38.1. The van der Waals surface area contributed by atoms with Crippen LogP contribution in [-0.4, -0.2) is 12.6 Å². The van der Waals surface area contributed by atoms with Gasteiger partial charge < -0.3 is 11.1 Å². The highest BCUT2D eigenvalue weighted by Gasteiger charge is 2.33. The predicted octanol–water partition coefficient (Wildman–Crippen LogP) is 2.34. The van der Waals surface area contributed by atoms with E-state index in [9.17, 15) is 13.2 Å². The van der Waals surface area contributed by atoms with Crippen LogP contribution in [-0.2, 0) is 6.18 Å². The fourth-order valence-electron chi connectivity index (χ4n) is 1.27. The highest BCUT2D eigenvalue weighted by Crippen LogP contribution is 2.35. The smallest absolute Gasteiger partial charge is 0.383 e. The maximum absolute atomic E-state index is 12.7. The topological polar surface area (TPSA) is 61.8 Å². The van der Waals surface area contributed by atoms with Gasteiger partial charge in [0.05, 0.1) is 17.2 Å². The van der Waals surface area contributed by atoms with Gasteiger partial charge in [-0.15, -0.1) is 0 Å². The van der Waals surface area contributed by atoms with Crippen LogP contribution in [0.15, 0.2) is 18.2 Å². The van der Waals surface area contributed by atoms with Crippen LogP contribution in [0, 0.1) is 11.3 Å². The molecule has 0 amide bonds. The monoisotopic (exact) mass is 243 g/mol. The van der Waals surface area contributed by atoms with Gasteiger partial charge >= 0.3 is 6.18 Å². The zero-order valence-electron chi connectivity index (χ0n) is 9.17. The molecule has 1 aromatic carbocycles. The van der Waals surface area contributed by atoms with E-state index in [0.717, 1.165) is 6.07 Å². The van der Waals surface area contributed by atoms with E-state index in [1.807, 2.05) is 0 Å². The van der Waals surface area contributed by atoms with E-state index in [4.69, 9.17) is 11.0 Å². The summed E-state index contributed by atoms with van der Waals surface area (Å²) in [7, 11) is 0. The summed E-state index contributed by atoms with van der Waals surface area (Å²) in [5, 5.41) is 11.2. The van der Waals surface area contributed by atoms with E-state index < -0.39 is 11.7 Å². The second kappa shape index (κ2) is 5.06. The van der Waals surface area contributed by atoms with Gasteiger partial charge in [-0.25, -0.2) is 0 Å². The second-order valence-electron chi connectivity index (χ2n) is 3.73. The number of rotatable bonds is 3. The molecular weight excluding hydrogens is 231 g/mol. The molecular formula is C11H12F3N3. The number of nitrogens with two attached hydrogens (primary N) is 1. The average molecular weight is 243 g/mol. The third-order valence-corrected chi connectivity index (χ3v) is 2.07. The minimum atomic E-state index is -4.49. The molecule has 3 nitrogen and oxygen atoms in total. The van der Waals surface area contributed by atoms with Crippen molar-refractivity contribution in [2.24, 2.45) is 5.73 Å². The molecule has 0 saturated carbocycles. The Balaban J connectivity index is 3.08. The Hall–Kier alpha value is -1.74. The molecule has 92 valence electrons. The SMILES string of the molecule is C[C@@H](N)CNc1ccc(C#N)cc1C(F)(F)F. The lowest BCUT2D eigenvalue weighted by Crippen LogP contribution is -2.26. The van der Waals surface area contributed by atoms with Crippen molar-refractivity contribution in [3.63, 3.8) is 0 Å². The first-order valence-corrected chi connectivity index (χ1v) is 4.95. The minimum Gasteiger partial charge on any atom is -0.383 e. The minimum absolute atomic E-state index is 0.0244. The number of hydrogen-bond acceptors (Lipinski definition) is 3. The summed E-state index contributed by atoms with van der Waals surface area (Å²) in [5.74, 6) is 0. The number of anilines is 1. The standard InChI is InChI=1S/C11H12F3N3/c1-7(16)6-17-10-3-2-8(5-15)4-9(10)11(12,13)14/h2-4,7,17H,6,16H2,1H3/t7-/m1/s1. The second-order valence-corrected chi connectivity index (χ2v) is 3.73. The van der Waals surface area contributed by atoms with E-state index >= 15 is 0 Å². The van der Waals surface area contributed by atoms with Crippen LogP contribution in [0.25, 0.3) is 0 Å². The molecule has 0 aliphatic heterocycles. The van der Waals surface area contributed by atoms with Crippen LogP contribution in [0.3, 0.4) is 0 Å². The maximum atomic E-state index is 12.7.